The maximum Gasteiger partial charge on any atom is 0.115 e. The molecule has 0 aromatic heterocycles. The molecule has 2 nitrogen and oxygen atoms in total. The van der Waals surface area contributed by atoms with E-state index in [1.54, 1.807) is 12.1 Å². The Morgan fingerprint density at radius 1 is 1.00 bits per heavy atom. The van der Waals surface area contributed by atoms with Crippen LogP contribution in [0, 0.1) is 0 Å². The van der Waals surface area contributed by atoms with Gasteiger partial charge in [-0.05, 0) is 49.6 Å². The van der Waals surface area contributed by atoms with Crippen molar-refractivity contribution in [3.63, 3.8) is 0 Å². The molecule has 0 aliphatic heterocycles. The topological polar surface area (TPSA) is 32.3 Å². The van der Waals surface area contributed by atoms with Gasteiger partial charge >= 0.3 is 0 Å². The molecule has 2 rings (SSSR count). The lowest BCUT2D eigenvalue weighted by Crippen LogP contribution is -2.15. The fourth-order valence-corrected chi connectivity index (χ4v) is 1.94. The molecule has 0 heterocycles. The quantitative estimate of drug-likeness (QED) is 0.780. The lowest BCUT2D eigenvalue weighted by molar-refractivity contribution is 0.475. The van der Waals surface area contributed by atoms with Crippen molar-refractivity contribution in [3.05, 3.63) is 60.2 Å². The highest BCUT2D eigenvalue weighted by molar-refractivity contribution is 5.46. The Bertz CT molecular complexity index is 464. The van der Waals surface area contributed by atoms with Gasteiger partial charge < -0.3 is 10.4 Å². The molecule has 0 fully saturated rings. The summed E-state index contributed by atoms with van der Waals surface area (Å²) in [4.78, 5) is 0. The van der Waals surface area contributed by atoms with Gasteiger partial charge in [0.15, 0.2) is 0 Å². The number of phenolic OH excluding ortho intramolecular Hbond substituents is 1. The van der Waals surface area contributed by atoms with Gasteiger partial charge in [0.05, 0.1) is 0 Å². The number of nitrogens with one attached hydrogen (secondary N) is 1. The van der Waals surface area contributed by atoms with Crippen molar-refractivity contribution in [2.75, 3.05) is 5.32 Å². The Labute approximate surface area is 108 Å². The van der Waals surface area contributed by atoms with Crippen LogP contribution in [0.15, 0.2) is 54.6 Å². The van der Waals surface area contributed by atoms with Gasteiger partial charge in [-0.15, -0.1) is 0 Å². The molecule has 0 saturated heterocycles. The van der Waals surface area contributed by atoms with E-state index in [0.717, 1.165) is 18.5 Å². The highest BCUT2D eigenvalue weighted by Crippen LogP contribution is 2.16. The predicted octanol–water partition coefficient (Wildman–Crippen LogP) is 3.83. The fourth-order valence-electron chi connectivity index (χ4n) is 1.94. The van der Waals surface area contributed by atoms with E-state index >= 15 is 0 Å². The largest absolute Gasteiger partial charge is 0.508 e. The van der Waals surface area contributed by atoms with Crippen molar-refractivity contribution in [2.45, 2.75) is 25.8 Å². The molecule has 2 N–H and O–H groups in total. The third-order valence-corrected chi connectivity index (χ3v) is 2.99. The van der Waals surface area contributed by atoms with E-state index in [4.69, 9.17) is 0 Å². The molecule has 2 aromatic rings. The van der Waals surface area contributed by atoms with Gasteiger partial charge in [-0.25, -0.2) is 0 Å². The molecule has 0 bridgehead atoms. The van der Waals surface area contributed by atoms with Crippen LogP contribution < -0.4 is 5.32 Å². The predicted molar refractivity (Wildman–Crippen MR) is 76.0 cm³/mol. The van der Waals surface area contributed by atoms with E-state index in [2.05, 4.69) is 36.5 Å². The Morgan fingerprint density at radius 2 is 1.67 bits per heavy atom. The van der Waals surface area contributed by atoms with E-state index in [0.29, 0.717) is 11.8 Å². The summed E-state index contributed by atoms with van der Waals surface area (Å²) in [7, 11) is 0. The lowest BCUT2D eigenvalue weighted by atomic mass is 10.1. The van der Waals surface area contributed by atoms with Gasteiger partial charge in [0.25, 0.3) is 0 Å². The maximum atomic E-state index is 9.22. The van der Waals surface area contributed by atoms with Crippen LogP contribution in [0.5, 0.6) is 5.75 Å². The number of hydrogen-bond acceptors (Lipinski definition) is 2. The van der Waals surface area contributed by atoms with Crippen LogP contribution in [-0.4, -0.2) is 11.1 Å². The number of rotatable bonds is 5. The molecule has 0 aliphatic rings. The number of phenols is 1. The fraction of sp³-hybridized carbons (Fsp3) is 0.250. The highest BCUT2D eigenvalue weighted by Gasteiger charge is 2.02. The van der Waals surface area contributed by atoms with Gasteiger partial charge in [0, 0.05) is 11.7 Å². The smallest absolute Gasteiger partial charge is 0.115 e. The Hall–Kier alpha value is -1.96. The Balaban J connectivity index is 1.82. The molecular formula is C16H19NO. The zero-order valence-corrected chi connectivity index (χ0v) is 10.6. The first-order valence-corrected chi connectivity index (χ1v) is 6.33. The van der Waals surface area contributed by atoms with Crippen LogP contribution in [-0.2, 0) is 6.42 Å². The van der Waals surface area contributed by atoms with Gasteiger partial charge in [-0.3, -0.25) is 0 Å². The number of hydrogen-bond donors (Lipinski definition) is 2. The average Bonchev–Trinajstić information content (AvgIpc) is 2.40. The van der Waals surface area contributed by atoms with Crippen molar-refractivity contribution < 1.29 is 5.11 Å². The van der Waals surface area contributed by atoms with Gasteiger partial charge in [0.1, 0.15) is 5.75 Å². The normalized spacial score (nSPS) is 12.1. The van der Waals surface area contributed by atoms with Crippen LogP contribution in [0.3, 0.4) is 0 Å². The molecule has 0 spiro atoms. The molecule has 1 unspecified atom stereocenters. The summed E-state index contributed by atoms with van der Waals surface area (Å²) in [6.07, 6.45) is 2.16. The maximum absolute atomic E-state index is 9.22. The third-order valence-electron chi connectivity index (χ3n) is 2.99. The van der Waals surface area contributed by atoms with Crippen LogP contribution in [0.25, 0.3) is 0 Å². The second kappa shape index (κ2) is 6.10. The Kier molecular flexibility index (Phi) is 4.24. The third kappa shape index (κ3) is 3.81. The van der Waals surface area contributed by atoms with Crippen LogP contribution in [0.1, 0.15) is 18.9 Å². The van der Waals surface area contributed by atoms with Crippen molar-refractivity contribution in [3.8, 4) is 5.75 Å². The number of benzene rings is 2. The molecule has 0 aliphatic carbocycles. The molecule has 2 heteroatoms. The summed E-state index contributed by atoms with van der Waals surface area (Å²) in [5.74, 6) is 0.303. The van der Waals surface area contributed by atoms with Crippen molar-refractivity contribution in [2.24, 2.45) is 0 Å². The van der Waals surface area contributed by atoms with Gasteiger partial charge in [-0.2, -0.15) is 0 Å². The van der Waals surface area contributed by atoms with Crippen molar-refractivity contribution in [1.82, 2.24) is 0 Å². The molecule has 0 saturated carbocycles. The van der Waals surface area contributed by atoms with E-state index in [9.17, 15) is 5.11 Å². The zero-order valence-electron chi connectivity index (χ0n) is 10.6. The second-order valence-corrected chi connectivity index (χ2v) is 4.62. The SMILES string of the molecule is CC(CCc1ccccc1)Nc1ccc(O)cc1. The zero-order chi connectivity index (χ0) is 12.8. The standard InChI is InChI=1S/C16H19NO/c1-13(7-8-14-5-3-2-4-6-14)17-15-9-11-16(18)12-10-15/h2-6,9-13,17-18H,7-8H2,1H3. The van der Waals surface area contributed by atoms with Gasteiger partial charge in [-0.1, -0.05) is 30.3 Å². The minimum absolute atomic E-state index is 0.303. The average molecular weight is 241 g/mol. The summed E-state index contributed by atoms with van der Waals surface area (Å²) in [5.41, 5.74) is 2.42. The lowest BCUT2D eigenvalue weighted by Gasteiger charge is -2.15. The van der Waals surface area contributed by atoms with Crippen LogP contribution >= 0.6 is 0 Å². The van der Waals surface area contributed by atoms with Crippen molar-refractivity contribution >= 4 is 5.69 Å². The first-order chi connectivity index (χ1) is 8.74. The van der Waals surface area contributed by atoms with Gasteiger partial charge in [0.2, 0.25) is 0 Å². The molecule has 0 radical (unpaired) electrons. The summed E-state index contributed by atoms with van der Waals surface area (Å²) >= 11 is 0. The molecule has 2 aromatic carbocycles. The second-order valence-electron chi connectivity index (χ2n) is 4.62. The summed E-state index contributed by atoms with van der Waals surface area (Å²) in [5, 5.41) is 12.6. The van der Waals surface area contributed by atoms with E-state index in [-0.39, 0.29) is 0 Å². The van der Waals surface area contributed by atoms with Crippen LogP contribution in [0.2, 0.25) is 0 Å². The first-order valence-electron chi connectivity index (χ1n) is 6.33. The summed E-state index contributed by atoms with van der Waals surface area (Å²) in [6, 6.07) is 18.1. The molecule has 0 amide bonds. The summed E-state index contributed by atoms with van der Waals surface area (Å²) < 4.78 is 0. The monoisotopic (exact) mass is 241 g/mol. The number of aromatic hydroxyl groups is 1. The first kappa shape index (κ1) is 12.5. The molecule has 1 atom stereocenters. The van der Waals surface area contributed by atoms with Crippen molar-refractivity contribution in [1.29, 1.82) is 0 Å². The highest BCUT2D eigenvalue weighted by atomic mass is 16.3. The van der Waals surface area contributed by atoms with E-state index in [1.165, 1.54) is 5.56 Å². The molecular weight excluding hydrogens is 222 g/mol. The summed E-state index contributed by atoms with van der Waals surface area (Å²) in [6.45, 7) is 2.18. The molecule has 94 valence electrons. The Morgan fingerprint density at radius 3 is 2.33 bits per heavy atom. The number of aryl methyl sites for hydroxylation is 1. The minimum atomic E-state index is 0.303. The van der Waals surface area contributed by atoms with Crippen LogP contribution in [0.4, 0.5) is 5.69 Å². The number of anilines is 1. The molecule has 18 heavy (non-hydrogen) atoms. The minimum Gasteiger partial charge on any atom is -0.508 e. The van der Waals surface area contributed by atoms with E-state index < -0.39 is 0 Å². The van der Waals surface area contributed by atoms with E-state index in [1.807, 2.05) is 18.2 Å².